The van der Waals surface area contributed by atoms with Gasteiger partial charge in [-0.25, -0.2) is 0 Å². The van der Waals surface area contributed by atoms with Crippen LogP contribution in [-0.2, 0) is 20.9 Å². The van der Waals surface area contributed by atoms with Crippen LogP contribution in [0.5, 0.6) is 0 Å². The molecule has 1 atom stereocenters. The summed E-state index contributed by atoms with van der Waals surface area (Å²) in [6.45, 7) is -0.0108. The Bertz CT molecular complexity index is 53.5. The summed E-state index contributed by atoms with van der Waals surface area (Å²) in [5, 5.41) is 8.02. The van der Waals surface area contributed by atoms with E-state index < -0.39 is 9.74 Å². The van der Waals surface area contributed by atoms with Crippen molar-refractivity contribution in [3.05, 3.63) is 0 Å². The third kappa shape index (κ3) is 4.49. The van der Waals surface area contributed by atoms with Crippen molar-refractivity contribution < 1.29 is 9.66 Å². The minimum Gasteiger partial charge on any atom is -0.395 e. The number of aliphatic hydroxyl groups is 1. The highest BCUT2D eigenvalue weighted by atomic mass is 32.8. The highest BCUT2D eigenvalue weighted by molar-refractivity contribution is 8.25. The highest BCUT2D eigenvalue weighted by Gasteiger charge is 1.79. The maximum Gasteiger partial charge on any atom is 0.0546 e. The van der Waals surface area contributed by atoms with Crippen LogP contribution in [0.3, 0.4) is 0 Å². The van der Waals surface area contributed by atoms with Crippen molar-refractivity contribution in [2.45, 2.75) is 0 Å². The van der Waals surface area contributed by atoms with Crippen LogP contribution < -0.4 is 0 Å². The predicted octanol–water partition coefficient (Wildman–Crippen LogP) is -0.468. The molecule has 0 aromatic rings. The molecule has 4 heteroatoms. The van der Waals surface area contributed by atoms with Crippen molar-refractivity contribution in [2.75, 3.05) is 12.4 Å². The van der Waals surface area contributed by atoms with Gasteiger partial charge >= 0.3 is 0 Å². The molecular weight excluding hydrogens is 120 g/mol. The van der Waals surface area contributed by atoms with Gasteiger partial charge in [0.1, 0.15) is 0 Å². The second-order valence-electron chi connectivity index (χ2n) is 0.749. The molecule has 0 aliphatic rings. The molecule has 2 N–H and O–H groups in total. The van der Waals surface area contributed by atoms with E-state index in [9.17, 15) is 0 Å². The first-order chi connectivity index (χ1) is 2.77. The normalized spacial score (nSPS) is 14.3. The molecule has 1 unspecified atom stereocenters. The van der Waals surface area contributed by atoms with Gasteiger partial charge in [0, 0.05) is 15.5 Å². The van der Waals surface area contributed by atoms with Gasteiger partial charge in [0.15, 0.2) is 0 Å². The molecule has 0 rings (SSSR count). The molecule has 0 radical (unpaired) electrons. The van der Waals surface area contributed by atoms with Gasteiger partial charge in [-0.05, 0) is 11.2 Å². The topological polar surface area (TPSA) is 40.5 Å². The van der Waals surface area contributed by atoms with Crippen LogP contribution in [0.15, 0.2) is 0 Å². The maximum absolute atomic E-state index is 8.23. The minimum absolute atomic E-state index is 0.0108. The zero-order valence-electron chi connectivity index (χ0n) is 3.13. The molecule has 0 heterocycles. The number of aliphatic hydroxyl groups excluding tert-OH is 1. The third-order valence-electron chi connectivity index (χ3n) is 0.266. The van der Waals surface area contributed by atoms with Crippen LogP contribution in [0.25, 0.3) is 0 Å². The Labute approximate surface area is 43.6 Å². The monoisotopic (exact) mass is 126 g/mol. The van der Waals surface area contributed by atoms with Crippen molar-refractivity contribution in [1.82, 2.24) is 0 Å². The molecule has 2 nitrogen and oxygen atoms in total. The fraction of sp³-hybridized carbons (Fsp3) is 1.00. The Kier molecular flexibility index (Phi) is 3.97. The van der Waals surface area contributed by atoms with Gasteiger partial charge in [0.25, 0.3) is 0 Å². The van der Waals surface area contributed by atoms with E-state index in [0.717, 1.165) is 0 Å². The molecule has 38 valence electrons. The average Bonchev–Trinajstić information content (AvgIpc) is 1.35. The minimum atomic E-state index is -0.982. The quantitative estimate of drug-likeness (QED) is 0.525. The molecule has 0 spiro atoms. The lowest BCUT2D eigenvalue weighted by Gasteiger charge is -1.85. The molecule has 0 bridgehead atoms. The Morgan fingerprint density at radius 2 is 2.17 bits per heavy atom. The zero-order valence-corrected chi connectivity index (χ0v) is 4.76. The van der Waals surface area contributed by atoms with E-state index in [2.05, 4.69) is 11.2 Å². The molecule has 0 aromatic carbocycles. The third-order valence-corrected chi connectivity index (χ3v) is 1.30. The van der Waals surface area contributed by atoms with Crippen LogP contribution in [0, 0.1) is 0 Å². The second kappa shape index (κ2) is 3.67. The molecular formula is C2H6O2S2. The van der Waals surface area contributed by atoms with Crippen LogP contribution in [-0.4, -0.2) is 22.0 Å². The molecule has 0 saturated heterocycles. The van der Waals surface area contributed by atoms with Crippen LogP contribution >= 0.6 is 0 Å². The van der Waals surface area contributed by atoms with Gasteiger partial charge in [-0.2, -0.15) is 0 Å². The van der Waals surface area contributed by atoms with Crippen LogP contribution in [0.2, 0.25) is 0 Å². The largest absolute Gasteiger partial charge is 0.395 e. The lowest BCUT2D eigenvalue weighted by Crippen LogP contribution is -1.96. The molecule has 0 aliphatic heterocycles. The lowest BCUT2D eigenvalue weighted by atomic mass is 10.9. The molecule has 0 aromatic heterocycles. The van der Waals surface area contributed by atoms with E-state index in [0.29, 0.717) is 5.75 Å². The average molecular weight is 126 g/mol. The van der Waals surface area contributed by atoms with E-state index in [1.807, 2.05) is 0 Å². The highest BCUT2D eigenvalue weighted by Crippen LogP contribution is 1.68. The Morgan fingerprint density at radius 1 is 1.67 bits per heavy atom. The molecule has 6 heavy (non-hydrogen) atoms. The first-order valence-corrected chi connectivity index (χ1v) is 3.73. The van der Waals surface area contributed by atoms with Crippen LogP contribution in [0.1, 0.15) is 0 Å². The smallest absolute Gasteiger partial charge is 0.0546 e. The van der Waals surface area contributed by atoms with E-state index in [1.54, 1.807) is 0 Å². The standard InChI is InChI=1S/C2H6O2S2/c3-1-2-6(4)5/h3H,1-2H2,(H,4,5). The summed E-state index contributed by atoms with van der Waals surface area (Å²) in [6, 6.07) is 0. The maximum atomic E-state index is 8.23. The summed E-state index contributed by atoms with van der Waals surface area (Å²) >= 11 is 4.30. The van der Waals surface area contributed by atoms with Gasteiger partial charge in [-0.1, -0.05) is 0 Å². The molecule has 0 saturated carbocycles. The summed E-state index contributed by atoms with van der Waals surface area (Å²) in [5.41, 5.74) is 0. The summed E-state index contributed by atoms with van der Waals surface area (Å²) < 4.78 is 8.23. The van der Waals surface area contributed by atoms with Crippen molar-refractivity contribution in [3.8, 4) is 0 Å². The van der Waals surface area contributed by atoms with E-state index >= 15 is 0 Å². The SMILES string of the molecule is OCCS(O)=S. The van der Waals surface area contributed by atoms with Gasteiger partial charge in [-0.3, -0.25) is 0 Å². The van der Waals surface area contributed by atoms with Gasteiger partial charge in [0.2, 0.25) is 0 Å². The fourth-order valence-electron chi connectivity index (χ4n) is 0.0781. The summed E-state index contributed by atoms with van der Waals surface area (Å²) in [4.78, 5) is 0. The molecule has 0 fully saturated rings. The van der Waals surface area contributed by atoms with Crippen molar-refractivity contribution in [1.29, 1.82) is 0 Å². The van der Waals surface area contributed by atoms with Gasteiger partial charge in [0.05, 0.1) is 6.61 Å². The zero-order chi connectivity index (χ0) is 4.99. The van der Waals surface area contributed by atoms with Crippen LogP contribution in [0.4, 0.5) is 0 Å². The van der Waals surface area contributed by atoms with E-state index in [1.165, 1.54) is 0 Å². The first-order valence-electron chi connectivity index (χ1n) is 1.45. The number of hydrogen-bond donors (Lipinski definition) is 2. The predicted molar refractivity (Wildman–Crippen MR) is 29.3 cm³/mol. The Morgan fingerprint density at radius 3 is 2.17 bits per heavy atom. The van der Waals surface area contributed by atoms with Gasteiger partial charge in [-0.15, -0.1) is 0 Å². The van der Waals surface area contributed by atoms with Gasteiger partial charge < -0.3 is 9.66 Å². The Hall–Kier alpha value is 0.490. The van der Waals surface area contributed by atoms with E-state index in [4.69, 9.17) is 9.66 Å². The summed E-state index contributed by atoms with van der Waals surface area (Å²) in [5.74, 6) is 0.329. The molecule has 0 aliphatic carbocycles. The number of rotatable bonds is 2. The second-order valence-corrected chi connectivity index (χ2v) is 2.95. The first kappa shape index (κ1) is 6.49. The Balaban J connectivity index is 2.83. The number of hydrogen-bond acceptors (Lipinski definition) is 2. The lowest BCUT2D eigenvalue weighted by molar-refractivity contribution is 0.320. The van der Waals surface area contributed by atoms with Crippen molar-refractivity contribution >= 4 is 20.9 Å². The van der Waals surface area contributed by atoms with E-state index in [-0.39, 0.29) is 6.61 Å². The summed E-state index contributed by atoms with van der Waals surface area (Å²) in [7, 11) is -0.982. The molecule has 0 amide bonds. The fourth-order valence-corrected chi connectivity index (χ4v) is 0.458. The van der Waals surface area contributed by atoms with Crippen molar-refractivity contribution in [2.24, 2.45) is 0 Å². The van der Waals surface area contributed by atoms with Crippen molar-refractivity contribution in [3.63, 3.8) is 0 Å². The summed E-state index contributed by atoms with van der Waals surface area (Å²) in [6.07, 6.45) is 0.